The summed E-state index contributed by atoms with van der Waals surface area (Å²) in [6.07, 6.45) is 0. The van der Waals surface area contributed by atoms with Gasteiger partial charge < -0.3 is 15.8 Å². The van der Waals surface area contributed by atoms with Gasteiger partial charge in [-0.1, -0.05) is 0 Å². The Labute approximate surface area is 110 Å². The van der Waals surface area contributed by atoms with Crippen LogP contribution in [-0.4, -0.2) is 19.1 Å². The Bertz CT molecular complexity index is 409. The highest BCUT2D eigenvalue weighted by Gasteiger charge is 2.18. The van der Waals surface area contributed by atoms with Gasteiger partial charge in [0.2, 0.25) is 0 Å². The first kappa shape index (κ1) is 14.0. The van der Waals surface area contributed by atoms with Crippen LogP contribution in [0.15, 0.2) is 22.7 Å². The SMILES string of the molecule is COc1ccc([C@H](C)[NH2+][C@H](C)C(N)=O)cc1Br. The van der Waals surface area contributed by atoms with Crippen LogP contribution >= 0.6 is 15.9 Å². The topological polar surface area (TPSA) is 68.9 Å². The van der Waals surface area contributed by atoms with Gasteiger partial charge in [0, 0.05) is 5.56 Å². The minimum absolute atomic E-state index is 0.166. The average molecular weight is 302 g/mol. The Hall–Kier alpha value is -1.07. The molecule has 2 atom stereocenters. The minimum Gasteiger partial charge on any atom is -0.496 e. The summed E-state index contributed by atoms with van der Waals surface area (Å²) in [5.74, 6) is 0.494. The molecule has 0 aromatic heterocycles. The van der Waals surface area contributed by atoms with Crippen LogP contribution in [0.25, 0.3) is 0 Å². The molecule has 0 saturated heterocycles. The van der Waals surface area contributed by atoms with Crippen molar-refractivity contribution in [1.29, 1.82) is 0 Å². The first-order chi connectivity index (χ1) is 7.95. The fourth-order valence-corrected chi connectivity index (χ4v) is 2.16. The third-order valence-electron chi connectivity index (χ3n) is 2.73. The van der Waals surface area contributed by atoms with Crippen LogP contribution in [0.3, 0.4) is 0 Å². The maximum Gasteiger partial charge on any atom is 0.275 e. The number of hydrogen-bond donors (Lipinski definition) is 2. The van der Waals surface area contributed by atoms with E-state index in [9.17, 15) is 4.79 Å². The van der Waals surface area contributed by atoms with Gasteiger partial charge in [0.05, 0.1) is 11.6 Å². The number of halogens is 1. The Morgan fingerprint density at radius 1 is 1.47 bits per heavy atom. The van der Waals surface area contributed by atoms with Crippen LogP contribution in [-0.2, 0) is 4.79 Å². The van der Waals surface area contributed by atoms with E-state index in [0.29, 0.717) is 0 Å². The molecule has 0 spiro atoms. The Kier molecular flexibility index (Phi) is 4.96. The van der Waals surface area contributed by atoms with E-state index in [1.807, 2.05) is 30.4 Å². The first-order valence-electron chi connectivity index (χ1n) is 5.43. The van der Waals surface area contributed by atoms with E-state index < -0.39 is 0 Å². The van der Waals surface area contributed by atoms with Gasteiger partial charge in [-0.05, 0) is 48.0 Å². The lowest BCUT2D eigenvalue weighted by Crippen LogP contribution is -2.92. The summed E-state index contributed by atoms with van der Waals surface area (Å²) >= 11 is 3.44. The van der Waals surface area contributed by atoms with Crippen LogP contribution < -0.4 is 15.8 Å². The number of primary amides is 1. The highest BCUT2D eigenvalue weighted by atomic mass is 79.9. The lowest BCUT2D eigenvalue weighted by atomic mass is 10.1. The van der Waals surface area contributed by atoms with Crippen molar-refractivity contribution >= 4 is 21.8 Å². The molecule has 0 radical (unpaired) electrons. The quantitative estimate of drug-likeness (QED) is 0.850. The number of benzene rings is 1. The van der Waals surface area contributed by atoms with E-state index in [1.165, 1.54) is 0 Å². The molecule has 0 heterocycles. The zero-order valence-corrected chi connectivity index (χ0v) is 11.8. The number of carbonyl (C=O) groups excluding carboxylic acids is 1. The van der Waals surface area contributed by atoms with E-state index in [2.05, 4.69) is 15.9 Å². The zero-order valence-electron chi connectivity index (χ0n) is 10.2. The molecule has 1 rings (SSSR count). The fraction of sp³-hybridized carbons (Fsp3) is 0.417. The second-order valence-electron chi connectivity index (χ2n) is 4.07. The summed E-state index contributed by atoms with van der Waals surface area (Å²) in [5, 5.41) is 1.94. The van der Waals surface area contributed by atoms with E-state index >= 15 is 0 Å². The predicted molar refractivity (Wildman–Crippen MR) is 69.7 cm³/mol. The van der Waals surface area contributed by atoms with Crippen molar-refractivity contribution in [2.24, 2.45) is 5.73 Å². The van der Waals surface area contributed by atoms with Crippen LogP contribution in [0.2, 0.25) is 0 Å². The minimum atomic E-state index is -0.301. The van der Waals surface area contributed by atoms with Crippen LogP contribution in [0.1, 0.15) is 25.5 Å². The first-order valence-corrected chi connectivity index (χ1v) is 6.22. The molecule has 5 heteroatoms. The van der Waals surface area contributed by atoms with Gasteiger partial charge in [0.15, 0.2) is 6.04 Å². The molecule has 0 aliphatic carbocycles. The summed E-state index contributed by atoms with van der Waals surface area (Å²) in [4.78, 5) is 11.0. The van der Waals surface area contributed by atoms with Gasteiger partial charge >= 0.3 is 0 Å². The molecule has 0 aliphatic heterocycles. The van der Waals surface area contributed by atoms with Gasteiger partial charge in [-0.15, -0.1) is 0 Å². The summed E-state index contributed by atoms with van der Waals surface area (Å²) in [5.41, 5.74) is 6.35. The lowest BCUT2D eigenvalue weighted by Gasteiger charge is -2.15. The molecule has 0 unspecified atom stereocenters. The van der Waals surface area contributed by atoms with Gasteiger partial charge in [0.25, 0.3) is 5.91 Å². The van der Waals surface area contributed by atoms with Gasteiger partial charge in [-0.25, -0.2) is 0 Å². The second kappa shape index (κ2) is 6.02. The molecule has 0 fully saturated rings. The van der Waals surface area contributed by atoms with Crippen molar-refractivity contribution in [3.63, 3.8) is 0 Å². The number of hydrogen-bond acceptors (Lipinski definition) is 2. The monoisotopic (exact) mass is 301 g/mol. The molecule has 0 saturated carbocycles. The van der Waals surface area contributed by atoms with Crippen molar-refractivity contribution in [2.45, 2.75) is 25.9 Å². The van der Waals surface area contributed by atoms with Gasteiger partial charge in [0.1, 0.15) is 11.8 Å². The summed E-state index contributed by atoms with van der Waals surface area (Å²) < 4.78 is 6.07. The average Bonchev–Trinajstić information content (AvgIpc) is 2.28. The number of ether oxygens (including phenoxy) is 1. The fourth-order valence-electron chi connectivity index (χ4n) is 1.60. The van der Waals surface area contributed by atoms with E-state index in [-0.39, 0.29) is 18.0 Å². The third kappa shape index (κ3) is 3.71. The van der Waals surface area contributed by atoms with Gasteiger partial charge in [-0.2, -0.15) is 0 Å². The predicted octanol–water partition coefficient (Wildman–Crippen LogP) is 0.956. The molecule has 0 bridgehead atoms. The molecule has 94 valence electrons. The highest BCUT2D eigenvalue weighted by Crippen LogP contribution is 2.27. The zero-order chi connectivity index (χ0) is 13.0. The number of quaternary nitrogens is 1. The number of nitrogens with two attached hydrogens (primary N) is 2. The molecule has 1 aromatic rings. The number of methoxy groups -OCH3 is 1. The molecule has 1 aromatic carbocycles. The second-order valence-corrected chi connectivity index (χ2v) is 4.92. The van der Waals surface area contributed by atoms with Gasteiger partial charge in [-0.3, -0.25) is 4.79 Å². The number of carbonyl (C=O) groups is 1. The Balaban J connectivity index is 2.79. The summed E-state index contributed by atoms with van der Waals surface area (Å²) in [7, 11) is 1.63. The number of amides is 1. The Morgan fingerprint density at radius 2 is 2.12 bits per heavy atom. The summed E-state index contributed by atoms with van der Waals surface area (Å²) in [6, 6.07) is 5.82. The van der Waals surface area contributed by atoms with E-state index in [0.717, 1.165) is 15.8 Å². The molecule has 17 heavy (non-hydrogen) atoms. The van der Waals surface area contributed by atoms with Crippen LogP contribution in [0.4, 0.5) is 0 Å². The van der Waals surface area contributed by atoms with Crippen molar-refractivity contribution in [1.82, 2.24) is 0 Å². The smallest absolute Gasteiger partial charge is 0.275 e. The molecule has 1 amide bonds. The normalized spacial score (nSPS) is 14.1. The van der Waals surface area contributed by atoms with Crippen LogP contribution in [0, 0.1) is 0 Å². The van der Waals surface area contributed by atoms with Crippen molar-refractivity contribution < 1.29 is 14.8 Å². The largest absolute Gasteiger partial charge is 0.496 e. The number of rotatable bonds is 5. The maximum absolute atomic E-state index is 11.0. The third-order valence-corrected chi connectivity index (χ3v) is 3.35. The molecule has 4 N–H and O–H groups in total. The molecule has 4 nitrogen and oxygen atoms in total. The van der Waals surface area contributed by atoms with E-state index in [1.54, 1.807) is 14.0 Å². The summed E-state index contributed by atoms with van der Waals surface area (Å²) in [6.45, 7) is 3.84. The van der Waals surface area contributed by atoms with Crippen LogP contribution in [0.5, 0.6) is 5.75 Å². The molecular weight excluding hydrogens is 284 g/mol. The standard InChI is InChI=1S/C12H17BrN2O2/c1-7(15-8(2)12(14)16)9-4-5-11(17-3)10(13)6-9/h4-8,15H,1-3H3,(H2,14,16)/p+1/t7-,8+/m0/s1. The highest BCUT2D eigenvalue weighted by molar-refractivity contribution is 9.10. The van der Waals surface area contributed by atoms with E-state index in [4.69, 9.17) is 10.5 Å². The van der Waals surface area contributed by atoms with Crippen molar-refractivity contribution in [3.05, 3.63) is 28.2 Å². The Morgan fingerprint density at radius 3 is 2.59 bits per heavy atom. The van der Waals surface area contributed by atoms with Crippen molar-refractivity contribution in [2.75, 3.05) is 7.11 Å². The van der Waals surface area contributed by atoms with Crippen molar-refractivity contribution in [3.8, 4) is 5.75 Å². The molecular formula is C12H18BrN2O2+. The molecule has 0 aliphatic rings. The lowest BCUT2D eigenvalue weighted by molar-refractivity contribution is -0.710. The maximum atomic E-state index is 11.0.